The highest BCUT2D eigenvalue weighted by atomic mass is 16.5. The van der Waals surface area contributed by atoms with Crippen LogP contribution in [0.15, 0.2) is 12.1 Å². The summed E-state index contributed by atoms with van der Waals surface area (Å²) in [7, 11) is 0. The summed E-state index contributed by atoms with van der Waals surface area (Å²) in [6.07, 6.45) is 9.49. The summed E-state index contributed by atoms with van der Waals surface area (Å²) in [5.74, 6) is 0.375. The minimum atomic E-state index is -0.757. The van der Waals surface area contributed by atoms with Gasteiger partial charge in [0.15, 0.2) is 0 Å². The van der Waals surface area contributed by atoms with E-state index in [1.807, 2.05) is 19.1 Å². The normalized spacial score (nSPS) is 20.8. The highest BCUT2D eigenvalue weighted by molar-refractivity contribution is 5.96. The molecule has 3 rings (SSSR count). The molecular formula is C24H37N3O4. The Morgan fingerprint density at radius 3 is 2.71 bits per heavy atom. The Hall–Kier alpha value is -2.31. The minimum Gasteiger partial charge on any atom is -0.481 e. The summed E-state index contributed by atoms with van der Waals surface area (Å²) in [5, 5.41) is 12.3. The van der Waals surface area contributed by atoms with Gasteiger partial charge in [-0.1, -0.05) is 32.6 Å². The standard InChI is InChI=1S/C24H37N3O4/c1-3-8-17(2)31-24-20(23(30)25-19-10-5-4-6-11-19)12-13-21(26-24)27-14-7-9-18(16-27)15-22(28)29/h12-13,17-19H,3-11,14-16H2,1-2H3,(H,25,30)(H,28,29)/t17?,18-/m0/s1. The fraction of sp³-hybridized carbons (Fsp3) is 0.708. The van der Waals surface area contributed by atoms with E-state index < -0.39 is 5.97 Å². The summed E-state index contributed by atoms with van der Waals surface area (Å²) in [6, 6.07) is 3.91. The molecule has 1 aromatic heterocycles. The number of carboxylic acid groups (broad SMARTS) is 1. The van der Waals surface area contributed by atoms with Gasteiger partial charge in [0.1, 0.15) is 11.4 Å². The molecule has 0 bridgehead atoms. The first-order valence-corrected chi connectivity index (χ1v) is 11.9. The zero-order chi connectivity index (χ0) is 22.2. The number of carbonyl (C=O) groups is 2. The van der Waals surface area contributed by atoms with Crippen molar-refractivity contribution in [2.75, 3.05) is 18.0 Å². The zero-order valence-corrected chi connectivity index (χ0v) is 18.9. The van der Waals surface area contributed by atoms with Crippen LogP contribution in [0.3, 0.4) is 0 Å². The largest absolute Gasteiger partial charge is 0.481 e. The molecule has 1 saturated heterocycles. The maximum absolute atomic E-state index is 13.0. The van der Waals surface area contributed by atoms with E-state index in [0.29, 0.717) is 18.0 Å². The number of carboxylic acids is 1. The Balaban J connectivity index is 1.78. The molecule has 0 spiro atoms. The minimum absolute atomic E-state index is 0.0323. The molecule has 1 amide bonds. The zero-order valence-electron chi connectivity index (χ0n) is 18.9. The van der Waals surface area contributed by atoms with Gasteiger partial charge in [-0.15, -0.1) is 0 Å². The smallest absolute Gasteiger partial charge is 0.303 e. The lowest BCUT2D eigenvalue weighted by molar-refractivity contribution is -0.138. The van der Waals surface area contributed by atoms with Crippen molar-refractivity contribution in [2.24, 2.45) is 5.92 Å². The fourth-order valence-electron chi connectivity index (χ4n) is 4.72. The number of piperidine rings is 1. The van der Waals surface area contributed by atoms with E-state index >= 15 is 0 Å². The van der Waals surface area contributed by atoms with Gasteiger partial charge in [-0.25, -0.2) is 0 Å². The van der Waals surface area contributed by atoms with Crippen LogP contribution in [0.5, 0.6) is 5.88 Å². The molecule has 1 aromatic rings. The van der Waals surface area contributed by atoms with Gasteiger partial charge in [0.2, 0.25) is 5.88 Å². The van der Waals surface area contributed by atoms with Crippen molar-refractivity contribution in [1.82, 2.24) is 10.3 Å². The summed E-state index contributed by atoms with van der Waals surface area (Å²) >= 11 is 0. The number of aliphatic carboxylic acids is 1. The molecule has 7 nitrogen and oxygen atoms in total. The van der Waals surface area contributed by atoms with E-state index in [9.17, 15) is 9.59 Å². The van der Waals surface area contributed by atoms with Crippen LogP contribution in [-0.4, -0.2) is 47.2 Å². The molecule has 31 heavy (non-hydrogen) atoms. The van der Waals surface area contributed by atoms with Crippen LogP contribution in [0.25, 0.3) is 0 Å². The third kappa shape index (κ3) is 6.84. The number of hydrogen-bond donors (Lipinski definition) is 2. The maximum Gasteiger partial charge on any atom is 0.303 e. The van der Waals surface area contributed by atoms with Gasteiger partial charge < -0.3 is 20.1 Å². The van der Waals surface area contributed by atoms with Crippen LogP contribution in [0.2, 0.25) is 0 Å². The molecule has 2 aliphatic rings. The summed E-state index contributed by atoms with van der Waals surface area (Å²) in [5.41, 5.74) is 0.483. The van der Waals surface area contributed by atoms with Gasteiger partial charge in [0.25, 0.3) is 5.91 Å². The number of nitrogens with one attached hydrogen (secondary N) is 1. The lowest BCUT2D eigenvalue weighted by Crippen LogP contribution is -2.38. The molecule has 2 N–H and O–H groups in total. The molecule has 1 saturated carbocycles. The monoisotopic (exact) mass is 431 g/mol. The summed E-state index contributed by atoms with van der Waals surface area (Å²) in [4.78, 5) is 31.0. The van der Waals surface area contributed by atoms with Crippen molar-refractivity contribution < 1.29 is 19.4 Å². The number of anilines is 1. The lowest BCUT2D eigenvalue weighted by atomic mass is 9.95. The fourth-order valence-corrected chi connectivity index (χ4v) is 4.72. The van der Waals surface area contributed by atoms with Crippen molar-refractivity contribution in [3.63, 3.8) is 0 Å². The quantitative estimate of drug-likeness (QED) is 0.602. The maximum atomic E-state index is 13.0. The van der Waals surface area contributed by atoms with E-state index in [0.717, 1.165) is 63.7 Å². The predicted octanol–water partition coefficient (Wildman–Crippen LogP) is 4.40. The van der Waals surface area contributed by atoms with Gasteiger partial charge in [-0.2, -0.15) is 4.98 Å². The number of carbonyl (C=O) groups excluding carboxylic acids is 1. The molecule has 1 unspecified atom stereocenters. The van der Waals surface area contributed by atoms with Crippen LogP contribution in [-0.2, 0) is 4.79 Å². The van der Waals surface area contributed by atoms with Crippen molar-refractivity contribution in [1.29, 1.82) is 0 Å². The number of ether oxygens (including phenoxy) is 1. The van der Waals surface area contributed by atoms with E-state index in [2.05, 4.69) is 17.1 Å². The van der Waals surface area contributed by atoms with Gasteiger partial charge in [0, 0.05) is 25.6 Å². The second kappa shape index (κ2) is 11.3. The number of hydrogen-bond acceptors (Lipinski definition) is 5. The predicted molar refractivity (Wildman–Crippen MR) is 121 cm³/mol. The third-order valence-corrected chi connectivity index (χ3v) is 6.34. The number of aromatic nitrogens is 1. The first-order valence-electron chi connectivity index (χ1n) is 11.9. The molecule has 2 atom stereocenters. The molecular weight excluding hydrogens is 394 g/mol. The Kier molecular flexibility index (Phi) is 8.55. The van der Waals surface area contributed by atoms with Gasteiger partial charge in [-0.05, 0) is 57.1 Å². The van der Waals surface area contributed by atoms with Gasteiger partial charge in [-0.3, -0.25) is 9.59 Å². The molecule has 0 aromatic carbocycles. The molecule has 0 radical (unpaired) electrons. The van der Waals surface area contributed by atoms with Crippen LogP contribution < -0.4 is 15.0 Å². The Labute approximate surface area is 185 Å². The molecule has 2 heterocycles. The molecule has 7 heteroatoms. The Morgan fingerprint density at radius 2 is 2.00 bits per heavy atom. The third-order valence-electron chi connectivity index (χ3n) is 6.34. The first kappa shape index (κ1) is 23.4. The van der Waals surface area contributed by atoms with E-state index in [1.165, 1.54) is 6.42 Å². The van der Waals surface area contributed by atoms with E-state index in [4.69, 9.17) is 14.8 Å². The number of rotatable bonds is 9. The molecule has 172 valence electrons. The van der Waals surface area contributed by atoms with Crippen molar-refractivity contribution >= 4 is 17.7 Å². The van der Waals surface area contributed by atoms with E-state index in [1.54, 1.807) is 0 Å². The average Bonchev–Trinajstić information content (AvgIpc) is 2.74. The first-order chi connectivity index (χ1) is 15.0. The van der Waals surface area contributed by atoms with Crippen LogP contribution in [0.4, 0.5) is 5.82 Å². The van der Waals surface area contributed by atoms with Crippen molar-refractivity contribution in [3.8, 4) is 5.88 Å². The van der Waals surface area contributed by atoms with Gasteiger partial charge >= 0.3 is 5.97 Å². The highest BCUT2D eigenvalue weighted by Crippen LogP contribution is 2.28. The summed E-state index contributed by atoms with van der Waals surface area (Å²) < 4.78 is 6.13. The molecule has 2 fully saturated rings. The second-order valence-corrected chi connectivity index (χ2v) is 9.10. The SMILES string of the molecule is CCCC(C)Oc1nc(N2CCC[C@@H](CC(=O)O)C2)ccc1C(=O)NC1CCCCC1. The second-order valence-electron chi connectivity index (χ2n) is 9.10. The number of pyridine rings is 1. The molecule has 1 aliphatic carbocycles. The summed E-state index contributed by atoms with van der Waals surface area (Å²) in [6.45, 7) is 5.61. The lowest BCUT2D eigenvalue weighted by Gasteiger charge is -2.33. The van der Waals surface area contributed by atoms with Crippen LogP contribution >= 0.6 is 0 Å². The van der Waals surface area contributed by atoms with E-state index in [-0.39, 0.29) is 30.4 Å². The Bertz CT molecular complexity index is 748. The van der Waals surface area contributed by atoms with Crippen molar-refractivity contribution in [2.45, 2.75) is 90.2 Å². The van der Waals surface area contributed by atoms with Crippen molar-refractivity contribution in [3.05, 3.63) is 17.7 Å². The topological polar surface area (TPSA) is 91.8 Å². The average molecular weight is 432 g/mol. The van der Waals surface area contributed by atoms with Crippen LogP contribution in [0.1, 0.15) is 88.4 Å². The van der Waals surface area contributed by atoms with Crippen LogP contribution in [0, 0.1) is 5.92 Å². The van der Waals surface area contributed by atoms with Gasteiger partial charge in [0.05, 0.1) is 6.10 Å². The highest BCUT2D eigenvalue weighted by Gasteiger charge is 2.26. The molecule has 1 aliphatic heterocycles. The Morgan fingerprint density at radius 1 is 1.23 bits per heavy atom. The number of amides is 1. The number of nitrogens with zero attached hydrogens (tertiary/aromatic N) is 2.